The Morgan fingerprint density at radius 3 is 2.29 bits per heavy atom. The van der Waals surface area contributed by atoms with Crippen molar-refractivity contribution in [2.45, 2.75) is 32.7 Å². The summed E-state index contributed by atoms with van der Waals surface area (Å²) in [5.41, 5.74) is 0.438. The third-order valence-corrected chi connectivity index (χ3v) is 4.16. The van der Waals surface area contributed by atoms with E-state index in [2.05, 4.69) is 5.32 Å². The van der Waals surface area contributed by atoms with E-state index < -0.39 is 13.2 Å². The zero-order chi connectivity index (χ0) is 21.3. The monoisotopic (exact) mass is 450 g/mol. The first-order valence-electron chi connectivity index (χ1n) is 8.27. The van der Waals surface area contributed by atoms with Gasteiger partial charge in [-0.2, -0.15) is 0 Å². The van der Waals surface area contributed by atoms with Gasteiger partial charge in [-0.1, -0.05) is 37.0 Å². The van der Waals surface area contributed by atoms with E-state index in [1.807, 2.05) is 13.8 Å². The molecule has 0 amide bonds. The van der Waals surface area contributed by atoms with Crippen LogP contribution >= 0.6 is 31.5 Å². The molecule has 0 aliphatic heterocycles. The van der Waals surface area contributed by atoms with Crippen LogP contribution in [0.25, 0.3) is 0 Å². The summed E-state index contributed by atoms with van der Waals surface area (Å²) < 4.78 is 14.5. The molecule has 0 saturated carbocycles. The lowest BCUT2D eigenvalue weighted by Crippen LogP contribution is -2.17. The molecule has 0 saturated heterocycles. The quantitative estimate of drug-likeness (QED) is 0.282. The molecule has 2 rings (SSSR count). The van der Waals surface area contributed by atoms with Gasteiger partial charge in [0.05, 0.1) is 9.95 Å². The van der Waals surface area contributed by atoms with Crippen molar-refractivity contribution in [2.75, 3.05) is 5.32 Å². The highest BCUT2D eigenvalue weighted by molar-refractivity contribution is 7.30. The van der Waals surface area contributed by atoms with Crippen molar-refractivity contribution in [3.8, 4) is 11.5 Å². The van der Waals surface area contributed by atoms with Crippen molar-refractivity contribution in [1.29, 1.82) is 0 Å². The van der Waals surface area contributed by atoms with Gasteiger partial charge in [0.2, 0.25) is 0 Å². The first kappa shape index (κ1) is 24.2. The Labute approximate surface area is 173 Å². The second kappa shape index (κ2) is 11.9. The summed E-state index contributed by atoms with van der Waals surface area (Å²) in [5.74, 6) is 0.890. The number of halogens is 2. The summed E-state index contributed by atoms with van der Waals surface area (Å²) >= 11 is 12.0. The van der Waals surface area contributed by atoms with Crippen molar-refractivity contribution >= 4 is 42.8 Å². The summed E-state index contributed by atoms with van der Waals surface area (Å²) in [6.45, 7) is 4.06. The maximum absolute atomic E-state index is 11.2. The molecule has 8 nitrogen and oxygen atoms in total. The largest absolute Gasteiger partial charge is 0.456 e. The van der Waals surface area contributed by atoms with Crippen molar-refractivity contribution in [1.82, 2.24) is 0 Å². The minimum absolute atomic E-state index is 0.0106. The number of nitro groups is 1. The van der Waals surface area contributed by atoms with Crippen LogP contribution in [0.3, 0.4) is 0 Å². The second-order valence-corrected chi connectivity index (χ2v) is 6.96. The van der Waals surface area contributed by atoms with Crippen LogP contribution < -0.4 is 10.1 Å². The molecule has 0 radical (unpaired) electrons. The lowest BCUT2D eigenvalue weighted by atomic mass is 10.1. The standard InChI is InChI=1S/C17H18Cl2N2O3.H3O3P/c1-3-12(4-2)20-15-10-13(6-7-16(15)21(22)23)24-17-8-5-11(18)9-14(17)19;1-4(2)3/h5-10,12,20H,3-4H2,1-2H3;4H,(H2,1,2,3). The van der Waals surface area contributed by atoms with Gasteiger partial charge in [-0.3, -0.25) is 14.7 Å². The van der Waals surface area contributed by atoms with E-state index in [0.29, 0.717) is 27.2 Å². The Morgan fingerprint density at radius 2 is 1.79 bits per heavy atom. The number of ether oxygens (including phenoxy) is 1. The zero-order valence-corrected chi connectivity index (χ0v) is 17.7. The predicted molar refractivity (Wildman–Crippen MR) is 111 cm³/mol. The number of hydrogen-bond donors (Lipinski definition) is 3. The van der Waals surface area contributed by atoms with Gasteiger partial charge in [-0.05, 0) is 37.1 Å². The predicted octanol–water partition coefficient (Wildman–Crippen LogP) is 5.66. The van der Waals surface area contributed by atoms with Gasteiger partial charge >= 0.3 is 8.25 Å². The number of nitrogens with zero attached hydrogens (tertiary/aromatic N) is 1. The Balaban J connectivity index is 0.000000892. The first-order chi connectivity index (χ1) is 13.2. The third kappa shape index (κ3) is 8.04. The highest BCUT2D eigenvalue weighted by atomic mass is 35.5. The van der Waals surface area contributed by atoms with E-state index in [-0.39, 0.29) is 11.7 Å². The highest BCUT2D eigenvalue weighted by Crippen LogP contribution is 2.35. The summed E-state index contributed by atoms with van der Waals surface area (Å²) in [6.07, 6.45) is 1.73. The summed E-state index contributed by atoms with van der Waals surface area (Å²) in [4.78, 5) is 25.1. The van der Waals surface area contributed by atoms with Gasteiger partial charge < -0.3 is 19.8 Å². The van der Waals surface area contributed by atoms with E-state index in [1.54, 1.807) is 30.3 Å². The Morgan fingerprint density at radius 1 is 1.18 bits per heavy atom. The lowest BCUT2D eigenvalue weighted by Gasteiger charge is -2.17. The fourth-order valence-electron chi connectivity index (χ4n) is 2.25. The molecule has 0 aliphatic rings. The SMILES string of the molecule is CCC(CC)Nc1cc(Oc2ccc(Cl)cc2Cl)ccc1[N+](=O)[O-].O=[PH](O)O. The van der Waals surface area contributed by atoms with Crippen LogP contribution in [0.4, 0.5) is 11.4 Å². The Kier molecular flexibility index (Phi) is 10.3. The number of rotatable bonds is 7. The van der Waals surface area contributed by atoms with Crippen LogP contribution in [0.15, 0.2) is 36.4 Å². The van der Waals surface area contributed by atoms with Crippen LogP contribution in [-0.4, -0.2) is 20.8 Å². The van der Waals surface area contributed by atoms with Gasteiger partial charge in [0.25, 0.3) is 5.69 Å². The molecule has 3 N–H and O–H groups in total. The molecular formula is C17H21Cl2N2O6P. The van der Waals surface area contributed by atoms with Crippen LogP contribution in [0.5, 0.6) is 11.5 Å². The van der Waals surface area contributed by atoms with E-state index in [4.69, 9.17) is 42.3 Å². The van der Waals surface area contributed by atoms with E-state index in [0.717, 1.165) is 12.8 Å². The van der Waals surface area contributed by atoms with Crippen LogP contribution in [-0.2, 0) is 4.57 Å². The second-order valence-electron chi connectivity index (χ2n) is 5.55. The number of benzene rings is 2. The number of nitrogens with one attached hydrogen (secondary N) is 1. The number of hydrogen-bond acceptors (Lipinski definition) is 5. The minimum atomic E-state index is -3.13. The maximum Gasteiger partial charge on any atom is 0.314 e. The van der Waals surface area contributed by atoms with Crippen LogP contribution in [0, 0.1) is 10.1 Å². The van der Waals surface area contributed by atoms with E-state index in [9.17, 15) is 10.1 Å². The lowest BCUT2D eigenvalue weighted by molar-refractivity contribution is -0.384. The van der Waals surface area contributed by atoms with Crippen molar-refractivity contribution in [3.63, 3.8) is 0 Å². The number of nitro benzene ring substituents is 1. The fourth-order valence-corrected chi connectivity index (χ4v) is 2.70. The van der Waals surface area contributed by atoms with Crippen LogP contribution in [0.2, 0.25) is 10.0 Å². The van der Waals surface area contributed by atoms with E-state index >= 15 is 0 Å². The van der Waals surface area contributed by atoms with Crippen LogP contribution in [0.1, 0.15) is 26.7 Å². The molecule has 2 aromatic carbocycles. The molecule has 0 spiro atoms. The molecule has 11 heteroatoms. The highest BCUT2D eigenvalue weighted by Gasteiger charge is 2.17. The molecule has 0 atom stereocenters. The Hall–Kier alpha value is -1.83. The molecule has 0 heterocycles. The van der Waals surface area contributed by atoms with Gasteiger partial charge in [0, 0.05) is 23.2 Å². The minimum Gasteiger partial charge on any atom is -0.456 e. The molecule has 154 valence electrons. The topological polar surface area (TPSA) is 122 Å². The van der Waals surface area contributed by atoms with Crippen molar-refractivity contribution < 1.29 is 24.0 Å². The molecule has 28 heavy (non-hydrogen) atoms. The molecule has 0 bridgehead atoms. The summed E-state index contributed by atoms with van der Waals surface area (Å²) in [5, 5.41) is 15.3. The molecule has 0 aliphatic carbocycles. The third-order valence-electron chi connectivity index (χ3n) is 3.63. The first-order valence-corrected chi connectivity index (χ1v) is 10.3. The van der Waals surface area contributed by atoms with Gasteiger partial charge in [-0.15, -0.1) is 0 Å². The van der Waals surface area contributed by atoms with Crippen molar-refractivity contribution in [2.24, 2.45) is 0 Å². The summed E-state index contributed by atoms with van der Waals surface area (Å²) in [7, 11) is -3.13. The molecular weight excluding hydrogens is 430 g/mol. The maximum atomic E-state index is 11.2. The zero-order valence-electron chi connectivity index (χ0n) is 15.2. The van der Waals surface area contributed by atoms with Gasteiger partial charge in [0.1, 0.15) is 17.2 Å². The average molecular weight is 451 g/mol. The smallest absolute Gasteiger partial charge is 0.314 e. The number of anilines is 1. The molecule has 0 aromatic heterocycles. The Bertz CT molecular complexity index is 829. The van der Waals surface area contributed by atoms with Gasteiger partial charge in [-0.25, -0.2) is 0 Å². The summed E-state index contributed by atoms with van der Waals surface area (Å²) in [6, 6.07) is 9.62. The molecule has 0 unspecified atom stereocenters. The molecule has 2 aromatic rings. The average Bonchev–Trinajstić information content (AvgIpc) is 2.61. The fraction of sp³-hybridized carbons (Fsp3) is 0.294. The van der Waals surface area contributed by atoms with E-state index in [1.165, 1.54) is 6.07 Å². The normalized spacial score (nSPS) is 10.4. The van der Waals surface area contributed by atoms with Crippen molar-refractivity contribution in [3.05, 3.63) is 56.6 Å². The van der Waals surface area contributed by atoms with Gasteiger partial charge in [0.15, 0.2) is 0 Å². The molecule has 0 fully saturated rings.